The van der Waals surface area contributed by atoms with Gasteiger partial charge in [0.25, 0.3) is 0 Å². The van der Waals surface area contributed by atoms with E-state index in [1.165, 1.54) is 4.57 Å². The van der Waals surface area contributed by atoms with Crippen LogP contribution >= 0.6 is 0 Å². The van der Waals surface area contributed by atoms with Crippen LogP contribution in [0, 0.1) is 13.8 Å². The number of aromatic amines is 1. The van der Waals surface area contributed by atoms with E-state index < -0.39 is 0 Å². The molecule has 0 saturated carbocycles. The molecular formula is C12H15N3O2. The van der Waals surface area contributed by atoms with Gasteiger partial charge < -0.3 is 4.98 Å². The molecule has 17 heavy (non-hydrogen) atoms. The second kappa shape index (κ2) is 3.84. The molecule has 5 heteroatoms. The Bertz CT molecular complexity index is 695. The average molecular weight is 233 g/mol. The quantitative estimate of drug-likeness (QED) is 0.806. The van der Waals surface area contributed by atoms with E-state index >= 15 is 0 Å². The first-order chi connectivity index (χ1) is 7.91. The number of rotatable bonds is 1. The van der Waals surface area contributed by atoms with E-state index in [1.54, 1.807) is 20.0 Å². The van der Waals surface area contributed by atoms with E-state index in [0.717, 1.165) is 5.69 Å². The molecule has 2 heterocycles. The molecule has 0 spiro atoms. The van der Waals surface area contributed by atoms with Crippen molar-refractivity contribution in [3.05, 3.63) is 38.2 Å². The van der Waals surface area contributed by atoms with Crippen molar-refractivity contribution in [1.82, 2.24) is 14.5 Å². The first kappa shape index (κ1) is 11.6. The van der Waals surface area contributed by atoms with Crippen LogP contribution in [-0.2, 0) is 0 Å². The summed E-state index contributed by atoms with van der Waals surface area (Å²) in [6.45, 7) is 7.32. The number of hydrogen-bond donors (Lipinski definition) is 1. The predicted molar refractivity (Wildman–Crippen MR) is 66.5 cm³/mol. The molecule has 0 unspecified atom stereocenters. The Balaban J connectivity index is 2.95. The monoisotopic (exact) mass is 233 g/mol. The van der Waals surface area contributed by atoms with Gasteiger partial charge in [0.1, 0.15) is 5.65 Å². The highest BCUT2D eigenvalue weighted by molar-refractivity contribution is 5.74. The third-order valence-electron chi connectivity index (χ3n) is 2.96. The number of aryl methyl sites for hydroxylation is 1. The number of aromatic nitrogens is 3. The van der Waals surface area contributed by atoms with Crippen LogP contribution in [0.25, 0.3) is 11.0 Å². The fourth-order valence-corrected chi connectivity index (χ4v) is 1.74. The summed E-state index contributed by atoms with van der Waals surface area (Å²) >= 11 is 0. The molecule has 2 aromatic rings. The van der Waals surface area contributed by atoms with Crippen molar-refractivity contribution in [2.45, 2.75) is 33.7 Å². The summed E-state index contributed by atoms with van der Waals surface area (Å²) < 4.78 is 1.46. The molecule has 1 N–H and O–H groups in total. The molecule has 2 aromatic heterocycles. The molecule has 0 fully saturated rings. The van der Waals surface area contributed by atoms with Crippen LogP contribution in [-0.4, -0.2) is 14.5 Å². The Morgan fingerprint density at radius 3 is 2.53 bits per heavy atom. The van der Waals surface area contributed by atoms with Gasteiger partial charge in [-0.1, -0.05) is 0 Å². The zero-order valence-corrected chi connectivity index (χ0v) is 10.4. The van der Waals surface area contributed by atoms with Crippen LogP contribution in [0.3, 0.4) is 0 Å². The minimum atomic E-state index is -0.341. The molecule has 0 atom stereocenters. The van der Waals surface area contributed by atoms with Crippen molar-refractivity contribution in [1.29, 1.82) is 0 Å². The van der Waals surface area contributed by atoms with Crippen molar-refractivity contribution in [2.75, 3.05) is 0 Å². The number of nitrogens with zero attached hydrogens (tertiary/aromatic N) is 2. The number of hydrogen-bond acceptors (Lipinski definition) is 3. The first-order valence-corrected chi connectivity index (χ1v) is 5.54. The fraction of sp³-hybridized carbons (Fsp3) is 0.417. The average Bonchev–Trinajstić information content (AvgIpc) is 2.25. The summed E-state index contributed by atoms with van der Waals surface area (Å²) in [6.07, 6.45) is 1.58. The van der Waals surface area contributed by atoms with Crippen LogP contribution in [0.1, 0.15) is 31.1 Å². The lowest BCUT2D eigenvalue weighted by molar-refractivity contribution is 0.568. The van der Waals surface area contributed by atoms with Gasteiger partial charge in [-0.3, -0.25) is 9.36 Å². The van der Waals surface area contributed by atoms with Crippen molar-refractivity contribution in [3.63, 3.8) is 0 Å². The summed E-state index contributed by atoms with van der Waals surface area (Å²) in [5, 5.41) is 0.460. The lowest BCUT2D eigenvalue weighted by Gasteiger charge is -2.10. The topological polar surface area (TPSA) is 67.8 Å². The highest BCUT2D eigenvalue weighted by Gasteiger charge is 2.10. The fourth-order valence-electron chi connectivity index (χ4n) is 1.74. The lowest BCUT2D eigenvalue weighted by atomic mass is 10.2. The maximum absolute atomic E-state index is 12.1. The van der Waals surface area contributed by atoms with Crippen molar-refractivity contribution in [2.24, 2.45) is 0 Å². The third-order valence-corrected chi connectivity index (χ3v) is 2.96. The van der Waals surface area contributed by atoms with Crippen LogP contribution in [0.2, 0.25) is 0 Å². The molecular weight excluding hydrogens is 218 g/mol. The molecule has 0 aliphatic heterocycles. The number of fused-ring (bicyclic) bond motifs is 1. The second-order valence-corrected chi connectivity index (χ2v) is 4.49. The Labute approximate surface area is 98.1 Å². The molecule has 0 aromatic carbocycles. The minimum absolute atomic E-state index is 0.0135. The van der Waals surface area contributed by atoms with E-state index in [1.807, 2.05) is 13.8 Å². The summed E-state index contributed by atoms with van der Waals surface area (Å²) in [6, 6.07) is -0.0135. The standard InChI is InChI=1S/C12H15N3O2/c1-6(2)15-5-9-10(16)7(3)8(4)13-11(9)14-12(15)17/h5-6H,1-4H3,(H,13,14,17). The Hall–Kier alpha value is -1.91. The summed E-state index contributed by atoms with van der Waals surface area (Å²) in [7, 11) is 0. The highest BCUT2D eigenvalue weighted by atomic mass is 16.1. The molecule has 0 radical (unpaired) electrons. The minimum Gasteiger partial charge on any atom is -0.343 e. The van der Waals surface area contributed by atoms with Gasteiger partial charge in [0.2, 0.25) is 0 Å². The predicted octanol–water partition coefficient (Wildman–Crippen LogP) is 1.28. The summed E-state index contributed by atoms with van der Waals surface area (Å²) in [4.78, 5) is 30.7. The van der Waals surface area contributed by atoms with Crippen molar-refractivity contribution in [3.8, 4) is 0 Å². The smallest absolute Gasteiger partial charge is 0.343 e. The zero-order valence-electron chi connectivity index (χ0n) is 10.4. The van der Waals surface area contributed by atoms with Crippen LogP contribution in [0.4, 0.5) is 0 Å². The molecule has 0 saturated heterocycles. The van der Waals surface area contributed by atoms with Gasteiger partial charge in [-0.25, -0.2) is 4.79 Å². The number of nitrogens with one attached hydrogen (secondary N) is 1. The lowest BCUT2D eigenvalue weighted by Crippen LogP contribution is -2.26. The molecule has 0 aliphatic carbocycles. The summed E-state index contributed by atoms with van der Waals surface area (Å²) in [5.74, 6) is 0. The van der Waals surface area contributed by atoms with Gasteiger partial charge >= 0.3 is 5.69 Å². The van der Waals surface area contributed by atoms with Gasteiger partial charge in [0.15, 0.2) is 5.43 Å². The summed E-state index contributed by atoms with van der Waals surface area (Å²) in [5.41, 5.74) is 1.36. The van der Waals surface area contributed by atoms with E-state index in [9.17, 15) is 9.59 Å². The van der Waals surface area contributed by atoms with Crippen LogP contribution < -0.4 is 11.1 Å². The zero-order chi connectivity index (χ0) is 12.7. The van der Waals surface area contributed by atoms with E-state index in [0.29, 0.717) is 16.6 Å². The third kappa shape index (κ3) is 1.77. The van der Waals surface area contributed by atoms with Gasteiger partial charge in [0, 0.05) is 23.5 Å². The normalized spacial score (nSPS) is 11.4. The van der Waals surface area contributed by atoms with Gasteiger partial charge in [0.05, 0.1) is 5.39 Å². The van der Waals surface area contributed by atoms with Gasteiger partial charge in [-0.05, 0) is 27.7 Å². The van der Waals surface area contributed by atoms with E-state index in [2.05, 4.69) is 9.97 Å². The Morgan fingerprint density at radius 2 is 1.94 bits per heavy atom. The van der Waals surface area contributed by atoms with Gasteiger partial charge in [-0.15, -0.1) is 0 Å². The second-order valence-electron chi connectivity index (χ2n) is 4.49. The Morgan fingerprint density at radius 1 is 1.29 bits per heavy atom. The van der Waals surface area contributed by atoms with E-state index in [4.69, 9.17) is 0 Å². The van der Waals surface area contributed by atoms with Crippen LogP contribution in [0.5, 0.6) is 0 Å². The Kier molecular flexibility index (Phi) is 2.61. The molecule has 5 nitrogen and oxygen atoms in total. The largest absolute Gasteiger partial charge is 0.349 e. The molecule has 2 rings (SSSR count). The van der Waals surface area contributed by atoms with Crippen molar-refractivity contribution >= 4 is 11.0 Å². The first-order valence-electron chi connectivity index (χ1n) is 5.54. The van der Waals surface area contributed by atoms with E-state index in [-0.39, 0.29) is 17.2 Å². The molecule has 0 bridgehead atoms. The maximum atomic E-state index is 12.1. The molecule has 90 valence electrons. The van der Waals surface area contributed by atoms with Gasteiger partial charge in [-0.2, -0.15) is 4.98 Å². The maximum Gasteiger partial charge on any atom is 0.349 e. The molecule has 0 aliphatic rings. The number of H-pyrrole nitrogens is 1. The molecule has 0 amide bonds. The van der Waals surface area contributed by atoms with Crippen molar-refractivity contribution < 1.29 is 0 Å². The SMILES string of the molecule is Cc1[nH]c2nc(=O)n(C(C)C)cc2c(=O)c1C. The number of pyridine rings is 1. The van der Waals surface area contributed by atoms with Crippen LogP contribution in [0.15, 0.2) is 15.8 Å². The highest BCUT2D eigenvalue weighted by Crippen LogP contribution is 2.08.